The van der Waals surface area contributed by atoms with Gasteiger partial charge in [-0.05, 0) is 65.4 Å². The van der Waals surface area contributed by atoms with Crippen LogP contribution in [-0.2, 0) is 12.8 Å². The monoisotopic (exact) mass is 354 g/mol. The van der Waals surface area contributed by atoms with Gasteiger partial charge in [0.15, 0.2) is 0 Å². The molecule has 0 amide bonds. The van der Waals surface area contributed by atoms with E-state index in [1.54, 1.807) is 17.4 Å². The van der Waals surface area contributed by atoms with Crippen LogP contribution < -0.4 is 0 Å². The van der Waals surface area contributed by atoms with Gasteiger partial charge in [0.1, 0.15) is 0 Å². The number of halogens is 2. The number of hydrogen-bond donors (Lipinski definition) is 0. The zero-order valence-corrected chi connectivity index (χ0v) is 13.4. The topological polar surface area (TPSA) is 17.1 Å². The van der Waals surface area contributed by atoms with Crippen molar-refractivity contribution in [1.82, 2.24) is 0 Å². The summed E-state index contributed by atoms with van der Waals surface area (Å²) in [6, 6.07) is 7.50. The van der Waals surface area contributed by atoms with E-state index in [2.05, 4.69) is 22.0 Å². The molecule has 0 aliphatic heterocycles. The van der Waals surface area contributed by atoms with Gasteiger partial charge >= 0.3 is 0 Å². The number of hydrogen-bond acceptors (Lipinski definition) is 2. The molecule has 1 nitrogen and oxygen atoms in total. The Morgan fingerprint density at radius 3 is 2.79 bits per heavy atom. The molecule has 1 aliphatic carbocycles. The van der Waals surface area contributed by atoms with Crippen LogP contribution in [-0.4, -0.2) is 5.78 Å². The summed E-state index contributed by atoms with van der Waals surface area (Å²) in [6.07, 6.45) is 4.67. The highest BCUT2D eigenvalue weighted by Gasteiger charge is 2.21. The molecule has 0 bridgehead atoms. The first kappa shape index (κ1) is 13.3. The molecule has 0 unspecified atom stereocenters. The van der Waals surface area contributed by atoms with Crippen molar-refractivity contribution in [1.29, 1.82) is 0 Å². The second-order valence-corrected chi connectivity index (χ2v) is 7.09. The molecule has 4 heteroatoms. The van der Waals surface area contributed by atoms with Crippen LogP contribution in [0.1, 0.15) is 38.5 Å². The molecular weight excluding hydrogens is 344 g/mol. The van der Waals surface area contributed by atoms with Crippen molar-refractivity contribution >= 4 is 44.7 Å². The number of fused-ring (bicyclic) bond motifs is 1. The molecule has 0 saturated carbocycles. The first-order chi connectivity index (χ1) is 9.16. The molecule has 0 fully saturated rings. The maximum atomic E-state index is 12.6. The SMILES string of the molecule is O=C(c1cc2c(s1)CCCC2)c1c(Cl)cccc1Br. The average molecular weight is 356 g/mol. The van der Waals surface area contributed by atoms with E-state index in [4.69, 9.17) is 11.6 Å². The van der Waals surface area contributed by atoms with E-state index in [1.807, 2.05) is 12.1 Å². The van der Waals surface area contributed by atoms with Gasteiger partial charge in [-0.25, -0.2) is 0 Å². The molecule has 2 aromatic rings. The zero-order chi connectivity index (χ0) is 13.4. The van der Waals surface area contributed by atoms with Gasteiger partial charge in [0.05, 0.1) is 15.5 Å². The second kappa shape index (κ2) is 5.39. The fourth-order valence-electron chi connectivity index (χ4n) is 2.44. The molecule has 0 spiro atoms. The van der Waals surface area contributed by atoms with Gasteiger partial charge in [0.25, 0.3) is 0 Å². The van der Waals surface area contributed by atoms with Gasteiger partial charge in [0, 0.05) is 9.35 Å². The molecule has 0 saturated heterocycles. The Kier molecular flexibility index (Phi) is 3.79. The third-order valence-electron chi connectivity index (χ3n) is 3.41. The van der Waals surface area contributed by atoms with Gasteiger partial charge in [0.2, 0.25) is 5.78 Å². The molecule has 0 atom stereocenters. The maximum Gasteiger partial charge on any atom is 0.205 e. The predicted octanol–water partition coefficient (Wildman–Crippen LogP) is 5.27. The molecule has 1 heterocycles. The van der Waals surface area contributed by atoms with Crippen LogP contribution in [0.25, 0.3) is 0 Å². The number of aryl methyl sites for hydroxylation is 2. The lowest BCUT2D eigenvalue weighted by atomic mass is 9.98. The number of carbonyl (C=O) groups excluding carboxylic acids is 1. The summed E-state index contributed by atoms with van der Waals surface area (Å²) < 4.78 is 0.761. The van der Waals surface area contributed by atoms with Crippen LogP contribution in [0.15, 0.2) is 28.7 Å². The minimum Gasteiger partial charge on any atom is -0.288 e. The van der Waals surface area contributed by atoms with Crippen molar-refractivity contribution in [3.63, 3.8) is 0 Å². The Labute approximate surface area is 129 Å². The second-order valence-electron chi connectivity index (χ2n) is 4.69. The van der Waals surface area contributed by atoms with Crippen molar-refractivity contribution in [3.8, 4) is 0 Å². The molecule has 1 aliphatic rings. The third-order valence-corrected chi connectivity index (χ3v) is 5.62. The standard InChI is InChI=1S/C15H12BrClOS/c16-10-5-3-6-11(17)14(10)15(18)13-8-9-4-1-2-7-12(9)19-13/h3,5-6,8H,1-2,4,7H2. The van der Waals surface area contributed by atoms with E-state index in [9.17, 15) is 4.79 Å². The van der Waals surface area contributed by atoms with Crippen molar-refractivity contribution in [2.45, 2.75) is 25.7 Å². The minimum absolute atomic E-state index is 0.0249. The Hall–Kier alpha value is -0.640. The van der Waals surface area contributed by atoms with Crippen LogP contribution in [0.3, 0.4) is 0 Å². The Bertz CT molecular complexity index is 604. The van der Waals surface area contributed by atoms with E-state index >= 15 is 0 Å². The molecule has 19 heavy (non-hydrogen) atoms. The number of thiophene rings is 1. The van der Waals surface area contributed by atoms with E-state index in [-0.39, 0.29) is 5.78 Å². The summed E-state index contributed by atoms with van der Waals surface area (Å²) in [7, 11) is 0. The summed E-state index contributed by atoms with van der Waals surface area (Å²) in [4.78, 5) is 14.8. The van der Waals surface area contributed by atoms with Crippen LogP contribution in [0.2, 0.25) is 5.02 Å². The molecule has 0 radical (unpaired) electrons. The van der Waals surface area contributed by atoms with Crippen molar-refractivity contribution < 1.29 is 4.79 Å². The summed E-state index contributed by atoms with van der Waals surface area (Å²) in [5, 5.41) is 0.505. The van der Waals surface area contributed by atoms with Crippen LogP contribution in [0.5, 0.6) is 0 Å². The lowest BCUT2D eigenvalue weighted by molar-refractivity contribution is 0.104. The number of carbonyl (C=O) groups is 1. The van der Waals surface area contributed by atoms with Crippen molar-refractivity contribution in [3.05, 3.63) is 54.6 Å². The van der Waals surface area contributed by atoms with Crippen LogP contribution in [0.4, 0.5) is 0 Å². The van der Waals surface area contributed by atoms with Crippen LogP contribution >= 0.6 is 38.9 Å². The fourth-order valence-corrected chi connectivity index (χ4v) is 4.56. The van der Waals surface area contributed by atoms with E-state index < -0.39 is 0 Å². The molecule has 3 rings (SSSR count). The molecule has 1 aromatic heterocycles. The first-order valence-corrected chi connectivity index (χ1v) is 8.26. The number of ketones is 1. The summed E-state index contributed by atoms with van der Waals surface area (Å²) in [5.41, 5.74) is 1.92. The summed E-state index contributed by atoms with van der Waals surface area (Å²) in [6.45, 7) is 0. The smallest absolute Gasteiger partial charge is 0.205 e. The highest BCUT2D eigenvalue weighted by atomic mass is 79.9. The van der Waals surface area contributed by atoms with E-state index in [1.165, 1.54) is 23.3 Å². The van der Waals surface area contributed by atoms with Gasteiger partial charge in [-0.2, -0.15) is 0 Å². The van der Waals surface area contributed by atoms with Crippen LogP contribution in [0, 0.1) is 0 Å². The van der Waals surface area contributed by atoms with Gasteiger partial charge in [-0.15, -0.1) is 11.3 Å². The Morgan fingerprint density at radius 1 is 1.26 bits per heavy atom. The van der Waals surface area contributed by atoms with E-state index in [0.717, 1.165) is 22.2 Å². The van der Waals surface area contributed by atoms with E-state index in [0.29, 0.717) is 10.6 Å². The molecule has 1 aromatic carbocycles. The Morgan fingerprint density at radius 2 is 2.05 bits per heavy atom. The normalized spacial score (nSPS) is 14.2. The zero-order valence-electron chi connectivity index (χ0n) is 10.2. The fraction of sp³-hybridized carbons (Fsp3) is 0.267. The predicted molar refractivity (Wildman–Crippen MR) is 83.5 cm³/mol. The average Bonchev–Trinajstić information content (AvgIpc) is 2.82. The minimum atomic E-state index is 0.0249. The third kappa shape index (κ3) is 2.51. The van der Waals surface area contributed by atoms with Gasteiger partial charge in [-0.3, -0.25) is 4.79 Å². The molecule has 98 valence electrons. The van der Waals surface area contributed by atoms with Crippen molar-refractivity contribution in [2.24, 2.45) is 0 Å². The lowest BCUT2D eigenvalue weighted by Gasteiger charge is -2.08. The maximum absolute atomic E-state index is 12.6. The largest absolute Gasteiger partial charge is 0.288 e. The highest BCUT2D eigenvalue weighted by molar-refractivity contribution is 9.10. The molecular formula is C15H12BrClOS. The number of benzene rings is 1. The highest BCUT2D eigenvalue weighted by Crippen LogP contribution is 2.34. The Balaban J connectivity index is 2.02. The first-order valence-electron chi connectivity index (χ1n) is 6.27. The van der Waals surface area contributed by atoms with Gasteiger partial charge in [-0.1, -0.05) is 17.7 Å². The molecule has 0 N–H and O–H groups in total. The quantitative estimate of drug-likeness (QED) is 0.670. The number of rotatable bonds is 2. The lowest BCUT2D eigenvalue weighted by Crippen LogP contribution is -2.01. The summed E-state index contributed by atoms with van der Waals surface area (Å²) >= 11 is 11.2. The van der Waals surface area contributed by atoms with Gasteiger partial charge < -0.3 is 0 Å². The summed E-state index contributed by atoms with van der Waals surface area (Å²) in [5.74, 6) is 0.0249. The van der Waals surface area contributed by atoms with Crippen molar-refractivity contribution in [2.75, 3.05) is 0 Å².